The highest BCUT2D eigenvalue weighted by Gasteiger charge is 2.31. The third-order valence-corrected chi connectivity index (χ3v) is 6.80. The Balaban J connectivity index is 1.52. The van der Waals surface area contributed by atoms with Crippen molar-refractivity contribution >= 4 is 36.5 Å². The summed E-state index contributed by atoms with van der Waals surface area (Å²) in [6.07, 6.45) is 0. The zero-order chi connectivity index (χ0) is 26.4. The van der Waals surface area contributed by atoms with Crippen molar-refractivity contribution in [2.24, 2.45) is 10.2 Å². The second-order valence-electron chi connectivity index (χ2n) is 8.08. The minimum atomic E-state index is -4.06. The number of carbonyl (C=O) groups excluding carboxylic acids is 2. The number of anilines is 1. The number of ether oxygens (including phenoxy) is 1. The van der Waals surface area contributed by atoms with E-state index in [9.17, 15) is 19.0 Å². The van der Waals surface area contributed by atoms with E-state index in [2.05, 4.69) is 14.8 Å². The summed E-state index contributed by atoms with van der Waals surface area (Å²) in [5, 5.41) is 8.56. The Bertz CT molecular complexity index is 1370. The summed E-state index contributed by atoms with van der Waals surface area (Å²) in [4.78, 5) is 37.4. The van der Waals surface area contributed by atoms with Crippen LogP contribution in [-0.2, 0) is 18.3 Å². The first-order chi connectivity index (χ1) is 17.8. The van der Waals surface area contributed by atoms with Crippen LogP contribution in [0.15, 0.2) is 77.0 Å². The zero-order valence-corrected chi connectivity index (χ0v) is 21.3. The van der Waals surface area contributed by atoms with Gasteiger partial charge in [-0.15, -0.1) is 5.11 Å². The molecule has 0 spiro atoms. The maximum atomic E-state index is 13.1. The molecular weight excluding hydrogens is 497 g/mol. The van der Waals surface area contributed by atoms with Crippen molar-refractivity contribution < 1.29 is 32.8 Å². The normalized spacial score (nSPS) is 14.4. The van der Waals surface area contributed by atoms with Gasteiger partial charge in [-0.05, 0) is 30.3 Å². The topological polar surface area (TPSA) is 127 Å². The molecule has 0 amide bonds. The van der Waals surface area contributed by atoms with E-state index >= 15 is 0 Å². The fraction of sp³-hybridized carbons (Fsp3) is 0.231. The van der Waals surface area contributed by atoms with Crippen molar-refractivity contribution in [3.05, 3.63) is 89.0 Å². The van der Waals surface area contributed by atoms with E-state index in [0.717, 1.165) is 12.8 Å². The van der Waals surface area contributed by atoms with Gasteiger partial charge in [0, 0.05) is 49.7 Å². The molecule has 0 saturated heterocycles. The summed E-state index contributed by atoms with van der Waals surface area (Å²) >= 11 is 0. The summed E-state index contributed by atoms with van der Waals surface area (Å²) in [7, 11) is -1.37. The molecule has 37 heavy (non-hydrogen) atoms. The van der Waals surface area contributed by atoms with Crippen molar-refractivity contribution in [1.82, 2.24) is 0 Å². The van der Waals surface area contributed by atoms with Gasteiger partial charge in [-0.25, -0.2) is 4.57 Å². The standard InChI is InChI=1S/C26H26N3O7P/c1-34-16-14-29(15-17-36-37(32,33)35-2)19-12-10-18(11-13-19)27-28-23-9-5-8-22-24(23)26(31)21-7-4-3-6-20(21)25(22)30/h3-13H,14-17H2,1-2H3,(H,32,33)/b28-27+. The van der Waals surface area contributed by atoms with Crippen molar-refractivity contribution in [2.45, 2.75) is 0 Å². The number of phosphoric ester groups is 1. The van der Waals surface area contributed by atoms with Gasteiger partial charge < -0.3 is 14.5 Å². The van der Waals surface area contributed by atoms with E-state index in [-0.39, 0.29) is 23.7 Å². The van der Waals surface area contributed by atoms with Crippen LogP contribution in [-0.4, -0.2) is 57.0 Å². The van der Waals surface area contributed by atoms with Crippen LogP contribution in [0.25, 0.3) is 0 Å². The van der Waals surface area contributed by atoms with Crippen molar-refractivity contribution in [3.8, 4) is 0 Å². The Hall–Kier alpha value is -3.53. The number of hydrogen-bond acceptors (Lipinski definition) is 9. The molecule has 0 bridgehead atoms. The number of methoxy groups -OCH3 is 1. The number of nitrogens with zero attached hydrogens (tertiary/aromatic N) is 3. The zero-order valence-electron chi connectivity index (χ0n) is 20.4. The first-order valence-corrected chi connectivity index (χ1v) is 12.9. The van der Waals surface area contributed by atoms with E-state index < -0.39 is 7.82 Å². The summed E-state index contributed by atoms with van der Waals surface area (Å²) in [6, 6.07) is 18.9. The second-order valence-corrected chi connectivity index (χ2v) is 9.64. The number of rotatable bonds is 11. The first-order valence-electron chi connectivity index (χ1n) is 11.4. The lowest BCUT2D eigenvalue weighted by Crippen LogP contribution is -2.30. The highest BCUT2D eigenvalue weighted by Crippen LogP contribution is 2.41. The lowest BCUT2D eigenvalue weighted by molar-refractivity contribution is 0.0979. The van der Waals surface area contributed by atoms with Crippen LogP contribution in [0, 0.1) is 0 Å². The molecule has 11 heteroatoms. The Kier molecular flexibility index (Phi) is 8.38. The lowest BCUT2D eigenvalue weighted by Gasteiger charge is -2.24. The number of ketones is 2. The van der Waals surface area contributed by atoms with Gasteiger partial charge >= 0.3 is 7.82 Å². The number of benzene rings is 3. The van der Waals surface area contributed by atoms with E-state index in [0.29, 0.717) is 47.8 Å². The van der Waals surface area contributed by atoms with Crippen LogP contribution in [0.1, 0.15) is 31.8 Å². The molecule has 1 aliphatic carbocycles. The highest BCUT2D eigenvalue weighted by atomic mass is 31.2. The molecule has 0 aliphatic heterocycles. The van der Waals surface area contributed by atoms with Crippen LogP contribution in [0.3, 0.4) is 0 Å². The molecule has 3 aromatic carbocycles. The average molecular weight is 523 g/mol. The van der Waals surface area contributed by atoms with E-state index in [1.54, 1.807) is 61.7 Å². The SMILES string of the molecule is COCCN(CCOP(=O)(O)OC)c1ccc(/N=N/c2cccc3c2C(=O)c2ccccc2C3=O)cc1. The number of fused-ring (bicyclic) bond motifs is 2. The monoisotopic (exact) mass is 523 g/mol. The van der Waals surface area contributed by atoms with Crippen molar-refractivity contribution in [3.63, 3.8) is 0 Å². The summed E-state index contributed by atoms with van der Waals surface area (Å²) in [5.74, 6) is -0.471. The minimum absolute atomic E-state index is 0.0260. The molecule has 1 N–H and O–H groups in total. The van der Waals surface area contributed by atoms with Gasteiger partial charge in [0.2, 0.25) is 0 Å². The molecule has 10 nitrogen and oxygen atoms in total. The smallest absolute Gasteiger partial charge is 0.383 e. The van der Waals surface area contributed by atoms with Gasteiger partial charge in [-0.1, -0.05) is 36.4 Å². The number of azo groups is 1. The van der Waals surface area contributed by atoms with Gasteiger partial charge in [-0.2, -0.15) is 5.11 Å². The molecule has 4 rings (SSSR count). The number of phosphoric acid groups is 1. The quantitative estimate of drug-likeness (QED) is 0.213. The van der Waals surface area contributed by atoms with Gasteiger partial charge in [0.15, 0.2) is 11.6 Å². The highest BCUT2D eigenvalue weighted by molar-refractivity contribution is 7.47. The van der Waals surface area contributed by atoms with Crippen molar-refractivity contribution in [1.29, 1.82) is 0 Å². The Morgan fingerprint density at radius 2 is 1.46 bits per heavy atom. The molecule has 0 fully saturated rings. The van der Waals surface area contributed by atoms with Gasteiger partial charge in [0.1, 0.15) is 0 Å². The van der Waals surface area contributed by atoms with E-state index in [4.69, 9.17) is 9.26 Å². The van der Waals surface area contributed by atoms with Crippen LogP contribution >= 0.6 is 7.82 Å². The fourth-order valence-electron chi connectivity index (χ4n) is 3.94. The number of carbonyl (C=O) groups is 2. The van der Waals surface area contributed by atoms with Gasteiger partial charge in [0.25, 0.3) is 0 Å². The molecule has 0 aromatic heterocycles. The molecule has 192 valence electrons. The summed E-state index contributed by atoms with van der Waals surface area (Å²) in [5.41, 5.74) is 2.98. The Morgan fingerprint density at radius 1 is 0.811 bits per heavy atom. The minimum Gasteiger partial charge on any atom is -0.383 e. The lowest BCUT2D eigenvalue weighted by atomic mass is 9.83. The van der Waals surface area contributed by atoms with Gasteiger partial charge in [-0.3, -0.25) is 18.6 Å². The molecule has 0 heterocycles. The van der Waals surface area contributed by atoms with Crippen LogP contribution in [0.5, 0.6) is 0 Å². The van der Waals surface area contributed by atoms with Crippen LogP contribution in [0.2, 0.25) is 0 Å². The molecular formula is C26H26N3O7P. The predicted octanol–water partition coefficient (Wildman–Crippen LogP) is 5.09. The van der Waals surface area contributed by atoms with Gasteiger partial charge in [0.05, 0.1) is 30.2 Å². The van der Waals surface area contributed by atoms with Crippen LogP contribution in [0.4, 0.5) is 17.1 Å². The van der Waals surface area contributed by atoms with Crippen LogP contribution < -0.4 is 4.90 Å². The maximum Gasteiger partial charge on any atom is 0.471 e. The second kappa shape index (κ2) is 11.7. The molecule has 0 saturated carbocycles. The molecule has 1 unspecified atom stereocenters. The molecule has 0 radical (unpaired) electrons. The Labute approximate surface area is 214 Å². The number of hydrogen-bond donors (Lipinski definition) is 1. The maximum absolute atomic E-state index is 13.1. The largest absolute Gasteiger partial charge is 0.471 e. The predicted molar refractivity (Wildman–Crippen MR) is 137 cm³/mol. The molecule has 1 atom stereocenters. The summed E-state index contributed by atoms with van der Waals surface area (Å²) in [6.45, 7) is 1.27. The molecule has 1 aliphatic rings. The first kappa shape index (κ1) is 26.5. The van der Waals surface area contributed by atoms with Crippen molar-refractivity contribution in [2.75, 3.05) is 45.4 Å². The fourth-order valence-corrected chi connectivity index (χ4v) is 4.36. The third-order valence-electron chi connectivity index (χ3n) is 5.83. The Morgan fingerprint density at radius 3 is 2.14 bits per heavy atom. The van der Waals surface area contributed by atoms with E-state index in [1.165, 1.54) is 0 Å². The third kappa shape index (κ3) is 6.07. The summed E-state index contributed by atoms with van der Waals surface area (Å²) < 4.78 is 26.1. The van der Waals surface area contributed by atoms with E-state index in [1.807, 2.05) is 17.0 Å². The molecule has 3 aromatic rings. The average Bonchev–Trinajstić information content (AvgIpc) is 2.92.